The van der Waals surface area contributed by atoms with E-state index < -0.39 is 5.91 Å². The molecule has 0 saturated carbocycles. The number of rotatable bonds is 7. The Morgan fingerprint density at radius 3 is 2.59 bits per heavy atom. The Morgan fingerprint density at radius 2 is 1.96 bits per heavy atom. The molecule has 2 N–H and O–H groups in total. The minimum absolute atomic E-state index is 0.0503. The number of hydrogen-bond acceptors (Lipinski definition) is 6. The van der Waals surface area contributed by atoms with Crippen LogP contribution in [0.3, 0.4) is 0 Å². The molecule has 0 bridgehead atoms. The van der Waals surface area contributed by atoms with Crippen molar-refractivity contribution in [1.82, 2.24) is 10.3 Å². The van der Waals surface area contributed by atoms with Gasteiger partial charge in [-0.15, -0.1) is 0 Å². The molecule has 0 aliphatic carbocycles. The zero-order valence-electron chi connectivity index (χ0n) is 15.7. The Morgan fingerprint density at radius 1 is 1.22 bits per heavy atom. The molecule has 140 valence electrons. The molecule has 2 rings (SSSR count). The van der Waals surface area contributed by atoms with Crippen LogP contribution in [0.15, 0.2) is 48.3 Å². The number of benzene rings is 1. The highest BCUT2D eigenvalue weighted by Crippen LogP contribution is 2.29. The zero-order valence-corrected chi connectivity index (χ0v) is 15.7. The predicted octanol–water partition coefficient (Wildman–Crippen LogP) is 3.10. The van der Waals surface area contributed by atoms with E-state index in [2.05, 4.69) is 15.6 Å². The van der Waals surface area contributed by atoms with E-state index in [-0.39, 0.29) is 11.6 Å². The Kier molecular flexibility index (Phi) is 6.78. The molecule has 7 heteroatoms. The molecule has 1 atom stereocenters. The van der Waals surface area contributed by atoms with Crippen molar-refractivity contribution < 1.29 is 14.3 Å². The molecule has 1 amide bonds. The minimum Gasteiger partial charge on any atom is -0.493 e. The summed E-state index contributed by atoms with van der Waals surface area (Å²) in [6.45, 7) is 3.75. The molecule has 1 aromatic carbocycles. The largest absolute Gasteiger partial charge is 0.493 e. The second-order valence-corrected chi connectivity index (χ2v) is 5.84. The monoisotopic (exact) mass is 366 g/mol. The lowest BCUT2D eigenvalue weighted by molar-refractivity contribution is -0.117. The highest BCUT2D eigenvalue weighted by molar-refractivity contribution is 5.97. The molecule has 2 aromatic rings. The number of anilines is 1. The molecule has 1 heterocycles. The van der Waals surface area contributed by atoms with Crippen LogP contribution in [0.2, 0.25) is 0 Å². The van der Waals surface area contributed by atoms with Crippen LogP contribution in [0, 0.1) is 18.3 Å². The SMILES string of the molecule is COc1ccc(C(C)NC(=O)/C(C#N)=C\Nc2cc(C)ccn2)cc1OC. The first-order valence-corrected chi connectivity index (χ1v) is 8.30. The summed E-state index contributed by atoms with van der Waals surface area (Å²) in [5, 5.41) is 15.0. The fraction of sp³-hybridized carbons (Fsp3) is 0.250. The van der Waals surface area contributed by atoms with Gasteiger partial charge in [0.25, 0.3) is 5.91 Å². The summed E-state index contributed by atoms with van der Waals surface area (Å²) in [4.78, 5) is 16.5. The number of nitrogens with zero attached hydrogens (tertiary/aromatic N) is 2. The van der Waals surface area contributed by atoms with Crippen molar-refractivity contribution in [3.63, 3.8) is 0 Å². The second-order valence-electron chi connectivity index (χ2n) is 5.84. The van der Waals surface area contributed by atoms with E-state index in [4.69, 9.17) is 9.47 Å². The van der Waals surface area contributed by atoms with Crippen LogP contribution in [-0.2, 0) is 4.79 Å². The number of ether oxygens (including phenoxy) is 2. The normalized spacial score (nSPS) is 11.9. The number of aromatic nitrogens is 1. The minimum atomic E-state index is -0.486. The molecule has 7 nitrogen and oxygen atoms in total. The lowest BCUT2D eigenvalue weighted by atomic mass is 10.1. The third-order valence-corrected chi connectivity index (χ3v) is 3.90. The summed E-state index contributed by atoms with van der Waals surface area (Å²) < 4.78 is 10.5. The highest BCUT2D eigenvalue weighted by Gasteiger charge is 2.15. The Labute approximate surface area is 158 Å². The van der Waals surface area contributed by atoms with Crippen molar-refractivity contribution >= 4 is 11.7 Å². The number of carbonyl (C=O) groups is 1. The van der Waals surface area contributed by atoms with Gasteiger partial charge >= 0.3 is 0 Å². The van der Waals surface area contributed by atoms with Crippen LogP contribution in [-0.4, -0.2) is 25.1 Å². The fourth-order valence-electron chi connectivity index (χ4n) is 2.39. The van der Waals surface area contributed by atoms with Crippen molar-refractivity contribution in [1.29, 1.82) is 5.26 Å². The summed E-state index contributed by atoms with van der Waals surface area (Å²) in [7, 11) is 3.11. The third kappa shape index (κ3) is 5.22. The molecule has 0 radical (unpaired) electrons. The van der Waals surface area contributed by atoms with E-state index in [9.17, 15) is 10.1 Å². The first-order chi connectivity index (χ1) is 13.0. The molecular formula is C20H22N4O3. The molecule has 0 saturated heterocycles. The molecule has 0 fully saturated rings. The Bertz CT molecular complexity index is 887. The Balaban J connectivity index is 2.09. The number of pyridine rings is 1. The van der Waals surface area contributed by atoms with Crippen molar-refractivity contribution in [2.45, 2.75) is 19.9 Å². The van der Waals surface area contributed by atoms with E-state index in [1.54, 1.807) is 32.5 Å². The zero-order chi connectivity index (χ0) is 19.8. The number of methoxy groups -OCH3 is 2. The number of carbonyl (C=O) groups excluding carboxylic acids is 1. The summed E-state index contributed by atoms with van der Waals surface area (Å²) >= 11 is 0. The molecular weight excluding hydrogens is 344 g/mol. The van der Waals surface area contributed by atoms with E-state index in [1.165, 1.54) is 6.20 Å². The quantitative estimate of drug-likeness (QED) is 0.577. The lowest BCUT2D eigenvalue weighted by Crippen LogP contribution is -2.28. The van der Waals surface area contributed by atoms with Gasteiger partial charge in [-0.1, -0.05) is 6.07 Å². The van der Waals surface area contributed by atoms with Crippen LogP contribution < -0.4 is 20.1 Å². The number of hydrogen-bond donors (Lipinski definition) is 2. The van der Waals surface area contributed by atoms with Crippen LogP contribution in [0.5, 0.6) is 11.5 Å². The van der Waals surface area contributed by atoms with Gasteiger partial charge in [-0.05, 0) is 49.2 Å². The average molecular weight is 366 g/mol. The maximum atomic E-state index is 12.4. The van der Waals surface area contributed by atoms with Gasteiger partial charge in [0.05, 0.1) is 20.3 Å². The second kappa shape index (κ2) is 9.25. The first-order valence-electron chi connectivity index (χ1n) is 8.30. The summed E-state index contributed by atoms with van der Waals surface area (Å²) in [6, 6.07) is 10.6. The van der Waals surface area contributed by atoms with Crippen LogP contribution in [0.25, 0.3) is 0 Å². The van der Waals surface area contributed by atoms with E-state index in [0.717, 1.165) is 11.1 Å². The van der Waals surface area contributed by atoms with Crippen LogP contribution >= 0.6 is 0 Å². The standard InChI is InChI=1S/C20H22N4O3/c1-13-7-8-22-19(9-13)23-12-16(11-21)20(25)24-14(2)15-5-6-17(26-3)18(10-15)27-4/h5-10,12,14H,1-4H3,(H,22,23)(H,24,25)/b16-12-. The van der Waals surface area contributed by atoms with Crippen molar-refractivity contribution in [3.8, 4) is 17.6 Å². The summed E-state index contributed by atoms with van der Waals surface area (Å²) in [5.41, 5.74) is 1.79. The third-order valence-electron chi connectivity index (χ3n) is 3.90. The van der Waals surface area contributed by atoms with Crippen LogP contribution in [0.4, 0.5) is 5.82 Å². The van der Waals surface area contributed by atoms with Gasteiger partial charge < -0.3 is 20.1 Å². The van der Waals surface area contributed by atoms with Crippen LogP contribution in [0.1, 0.15) is 24.1 Å². The maximum Gasteiger partial charge on any atom is 0.263 e. The number of aryl methyl sites for hydroxylation is 1. The average Bonchev–Trinajstić information content (AvgIpc) is 2.67. The lowest BCUT2D eigenvalue weighted by Gasteiger charge is -2.16. The smallest absolute Gasteiger partial charge is 0.263 e. The summed E-state index contributed by atoms with van der Waals surface area (Å²) in [5.74, 6) is 1.25. The number of nitrogens with one attached hydrogen (secondary N) is 2. The maximum absolute atomic E-state index is 12.4. The van der Waals surface area contributed by atoms with Gasteiger partial charge in [0.15, 0.2) is 11.5 Å². The van der Waals surface area contributed by atoms with Crippen molar-refractivity contribution in [3.05, 3.63) is 59.4 Å². The molecule has 0 aliphatic heterocycles. The summed E-state index contributed by atoms with van der Waals surface area (Å²) in [6.07, 6.45) is 3.00. The van der Waals surface area contributed by atoms with Crippen molar-refractivity contribution in [2.75, 3.05) is 19.5 Å². The topological polar surface area (TPSA) is 96.3 Å². The Hall–Kier alpha value is -3.53. The molecule has 27 heavy (non-hydrogen) atoms. The predicted molar refractivity (Wildman–Crippen MR) is 102 cm³/mol. The van der Waals surface area contributed by atoms with Gasteiger partial charge in [0.2, 0.25) is 0 Å². The highest BCUT2D eigenvalue weighted by atomic mass is 16.5. The van der Waals surface area contributed by atoms with Crippen molar-refractivity contribution in [2.24, 2.45) is 0 Å². The number of nitriles is 1. The van der Waals surface area contributed by atoms with E-state index in [0.29, 0.717) is 17.3 Å². The van der Waals surface area contributed by atoms with Gasteiger partial charge in [-0.2, -0.15) is 5.26 Å². The van der Waals surface area contributed by atoms with Gasteiger partial charge in [0.1, 0.15) is 17.5 Å². The molecule has 0 aliphatic rings. The van der Waals surface area contributed by atoms with Gasteiger partial charge in [-0.25, -0.2) is 4.98 Å². The molecule has 1 aromatic heterocycles. The fourth-order valence-corrected chi connectivity index (χ4v) is 2.39. The van der Waals surface area contributed by atoms with Gasteiger partial charge in [-0.3, -0.25) is 4.79 Å². The van der Waals surface area contributed by atoms with E-state index >= 15 is 0 Å². The molecule has 0 spiro atoms. The molecule has 1 unspecified atom stereocenters. The van der Waals surface area contributed by atoms with Gasteiger partial charge in [0, 0.05) is 12.4 Å². The number of amides is 1. The van der Waals surface area contributed by atoms with E-state index in [1.807, 2.05) is 38.1 Å². The first kappa shape index (κ1) is 19.8.